The van der Waals surface area contributed by atoms with Crippen molar-refractivity contribution in [2.24, 2.45) is 0 Å². The van der Waals surface area contributed by atoms with E-state index in [2.05, 4.69) is 6.92 Å². The number of amides is 1. The standard InChI is InChI=1S/C29H33NO5S/c1-5-6-10-19-35-27-17-15-24(21-28(27)34-4)16-18-29(31)30(26-20-22(2)13-14-23(26)3)36(32,33)25-11-8-7-9-12-25/h7-9,11-18,20-21H,5-6,10,19H2,1-4H3/b18-16+. The number of aryl methyl sites for hydroxylation is 2. The minimum absolute atomic E-state index is 0.0406. The van der Waals surface area contributed by atoms with Gasteiger partial charge in [-0.3, -0.25) is 4.79 Å². The molecule has 0 radical (unpaired) electrons. The molecule has 0 atom stereocenters. The molecule has 3 rings (SSSR count). The van der Waals surface area contributed by atoms with E-state index in [4.69, 9.17) is 9.47 Å². The first-order valence-electron chi connectivity index (χ1n) is 12.0. The van der Waals surface area contributed by atoms with Gasteiger partial charge in [0.15, 0.2) is 11.5 Å². The monoisotopic (exact) mass is 507 g/mol. The number of nitrogens with zero attached hydrogens (tertiary/aromatic N) is 1. The number of anilines is 1. The van der Waals surface area contributed by atoms with Crippen LogP contribution in [0.1, 0.15) is 42.9 Å². The highest BCUT2D eigenvalue weighted by Gasteiger charge is 2.30. The van der Waals surface area contributed by atoms with E-state index in [-0.39, 0.29) is 4.90 Å². The Bertz CT molecular complexity index is 1320. The lowest BCUT2D eigenvalue weighted by Gasteiger charge is -2.23. The van der Waals surface area contributed by atoms with E-state index in [1.165, 1.54) is 18.2 Å². The fourth-order valence-electron chi connectivity index (χ4n) is 3.68. The maximum absolute atomic E-state index is 13.6. The summed E-state index contributed by atoms with van der Waals surface area (Å²) >= 11 is 0. The van der Waals surface area contributed by atoms with Crippen LogP contribution in [0.15, 0.2) is 77.7 Å². The first-order valence-corrected chi connectivity index (χ1v) is 13.4. The molecule has 0 saturated carbocycles. The minimum atomic E-state index is -4.14. The highest BCUT2D eigenvalue weighted by Crippen LogP contribution is 2.30. The van der Waals surface area contributed by atoms with E-state index < -0.39 is 15.9 Å². The molecule has 0 aliphatic heterocycles. The molecule has 0 fully saturated rings. The second kappa shape index (κ2) is 12.4. The van der Waals surface area contributed by atoms with E-state index in [9.17, 15) is 13.2 Å². The first-order chi connectivity index (χ1) is 17.3. The zero-order valence-electron chi connectivity index (χ0n) is 21.2. The van der Waals surface area contributed by atoms with Crippen LogP contribution in [0.3, 0.4) is 0 Å². The topological polar surface area (TPSA) is 72.9 Å². The fourth-order valence-corrected chi connectivity index (χ4v) is 5.14. The van der Waals surface area contributed by atoms with Crippen molar-refractivity contribution < 1.29 is 22.7 Å². The summed E-state index contributed by atoms with van der Waals surface area (Å²) in [7, 11) is -2.59. The van der Waals surface area contributed by atoms with Crippen LogP contribution >= 0.6 is 0 Å². The number of hydrogen-bond acceptors (Lipinski definition) is 5. The summed E-state index contributed by atoms with van der Waals surface area (Å²) in [6.45, 7) is 6.37. The predicted molar refractivity (Wildman–Crippen MR) is 144 cm³/mol. The second-order valence-corrected chi connectivity index (χ2v) is 10.3. The number of carbonyl (C=O) groups is 1. The molecule has 0 aliphatic carbocycles. The Balaban J connectivity index is 1.94. The fraction of sp³-hybridized carbons (Fsp3) is 0.276. The van der Waals surface area contributed by atoms with Gasteiger partial charge in [-0.2, -0.15) is 4.31 Å². The predicted octanol–water partition coefficient (Wildman–Crippen LogP) is 6.32. The third-order valence-electron chi connectivity index (χ3n) is 5.68. The molecule has 0 bridgehead atoms. The molecule has 7 heteroatoms. The van der Waals surface area contributed by atoms with Crippen molar-refractivity contribution in [3.05, 3.63) is 89.5 Å². The van der Waals surface area contributed by atoms with Gasteiger partial charge < -0.3 is 9.47 Å². The molecular weight excluding hydrogens is 474 g/mol. The van der Waals surface area contributed by atoms with Crippen LogP contribution in [0.4, 0.5) is 5.69 Å². The zero-order valence-corrected chi connectivity index (χ0v) is 22.0. The Morgan fingerprint density at radius 1 is 0.944 bits per heavy atom. The summed E-state index contributed by atoms with van der Waals surface area (Å²) in [5.41, 5.74) is 2.52. The lowest BCUT2D eigenvalue weighted by atomic mass is 10.1. The number of unbranched alkanes of at least 4 members (excludes halogenated alkanes) is 2. The average molecular weight is 508 g/mol. The Labute approximate surface area is 214 Å². The van der Waals surface area contributed by atoms with Gasteiger partial charge in [0.1, 0.15) is 0 Å². The number of methoxy groups -OCH3 is 1. The van der Waals surface area contributed by atoms with Gasteiger partial charge in [-0.05, 0) is 73.4 Å². The van der Waals surface area contributed by atoms with Gasteiger partial charge >= 0.3 is 0 Å². The molecule has 0 unspecified atom stereocenters. The van der Waals surface area contributed by atoms with Gasteiger partial charge in [0.05, 0.1) is 24.3 Å². The van der Waals surface area contributed by atoms with Crippen molar-refractivity contribution in [2.45, 2.75) is 44.9 Å². The van der Waals surface area contributed by atoms with Crippen molar-refractivity contribution in [1.82, 2.24) is 0 Å². The van der Waals surface area contributed by atoms with Crippen LogP contribution in [0.5, 0.6) is 11.5 Å². The SMILES string of the molecule is CCCCCOc1ccc(/C=C/C(=O)N(c2cc(C)ccc2C)S(=O)(=O)c2ccccc2)cc1OC. The molecule has 1 amide bonds. The molecule has 190 valence electrons. The molecule has 0 N–H and O–H groups in total. The summed E-state index contributed by atoms with van der Waals surface area (Å²) < 4.78 is 39.3. The summed E-state index contributed by atoms with van der Waals surface area (Å²) in [6.07, 6.45) is 5.99. The summed E-state index contributed by atoms with van der Waals surface area (Å²) in [5.74, 6) is 0.497. The van der Waals surface area contributed by atoms with Crippen molar-refractivity contribution >= 4 is 27.7 Å². The maximum Gasteiger partial charge on any atom is 0.271 e. The van der Waals surface area contributed by atoms with Crippen LogP contribution in [0.25, 0.3) is 6.08 Å². The zero-order chi connectivity index (χ0) is 26.1. The van der Waals surface area contributed by atoms with Gasteiger partial charge in [-0.25, -0.2) is 8.42 Å². The van der Waals surface area contributed by atoms with Crippen LogP contribution in [-0.4, -0.2) is 28.0 Å². The van der Waals surface area contributed by atoms with Gasteiger partial charge in [-0.15, -0.1) is 0 Å². The van der Waals surface area contributed by atoms with Crippen LogP contribution in [0.2, 0.25) is 0 Å². The van der Waals surface area contributed by atoms with Gasteiger partial charge in [0, 0.05) is 6.08 Å². The highest BCUT2D eigenvalue weighted by atomic mass is 32.2. The summed E-state index contributed by atoms with van der Waals surface area (Å²) in [4.78, 5) is 13.5. The smallest absolute Gasteiger partial charge is 0.271 e. The van der Waals surface area contributed by atoms with Gasteiger partial charge in [0.25, 0.3) is 15.9 Å². The Morgan fingerprint density at radius 2 is 1.69 bits per heavy atom. The van der Waals surface area contributed by atoms with E-state index in [0.29, 0.717) is 34.9 Å². The first kappa shape index (κ1) is 27.0. The van der Waals surface area contributed by atoms with Crippen molar-refractivity contribution in [3.63, 3.8) is 0 Å². The molecule has 3 aromatic rings. The highest BCUT2D eigenvalue weighted by molar-refractivity contribution is 7.93. The summed E-state index contributed by atoms with van der Waals surface area (Å²) in [6, 6.07) is 18.7. The van der Waals surface area contributed by atoms with Gasteiger partial charge in [-0.1, -0.05) is 56.2 Å². The Hall–Kier alpha value is -3.58. The van der Waals surface area contributed by atoms with Crippen molar-refractivity contribution in [3.8, 4) is 11.5 Å². The third kappa shape index (κ3) is 6.55. The molecule has 36 heavy (non-hydrogen) atoms. The number of rotatable bonds is 11. The molecule has 0 saturated heterocycles. The number of hydrogen-bond donors (Lipinski definition) is 0. The van der Waals surface area contributed by atoms with E-state index in [1.807, 2.05) is 13.0 Å². The molecule has 6 nitrogen and oxygen atoms in total. The van der Waals surface area contributed by atoms with E-state index in [0.717, 1.165) is 29.1 Å². The third-order valence-corrected chi connectivity index (χ3v) is 7.40. The normalized spacial score (nSPS) is 11.4. The van der Waals surface area contributed by atoms with E-state index >= 15 is 0 Å². The molecular formula is C29H33NO5S. The number of benzene rings is 3. The molecule has 0 spiro atoms. The quantitative estimate of drug-likeness (QED) is 0.224. The molecule has 0 aromatic heterocycles. The molecule has 0 aliphatic rings. The van der Waals surface area contributed by atoms with Crippen molar-refractivity contribution in [2.75, 3.05) is 18.0 Å². The number of carbonyl (C=O) groups excluding carboxylic acids is 1. The number of ether oxygens (including phenoxy) is 2. The lowest BCUT2D eigenvalue weighted by molar-refractivity contribution is -0.113. The van der Waals surface area contributed by atoms with Gasteiger partial charge in [0.2, 0.25) is 0 Å². The average Bonchev–Trinajstić information content (AvgIpc) is 2.88. The second-order valence-electron chi connectivity index (χ2n) is 8.51. The Kier molecular flexibility index (Phi) is 9.31. The number of sulfonamides is 1. The summed E-state index contributed by atoms with van der Waals surface area (Å²) in [5, 5.41) is 0. The largest absolute Gasteiger partial charge is 0.493 e. The van der Waals surface area contributed by atoms with Crippen molar-refractivity contribution in [1.29, 1.82) is 0 Å². The van der Waals surface area contributed by atoms with Crippen LogP contribution in [0, 0.1) is 13.8 Å². The minimum Gasteiger partial charge on any atom is -0.493 e. The van der Waals surface area contributed by atoms with Crippen LogP contribution in [-0.2, 0) is 14.8 Å². The van der Waals surface area contributed by atoms with Crippen LogP contribution < -0.4 is 13.8 Å². The maximum atomic E-state index is 13.6. The lowest BCUT2D eigenvalue weighted by Crippen LogP contribution is -2.36. The molecule has 0 heterocycles. The van der Waals surface area contributed by atoms with E-state index in [1.54, 1.807) is 68.6 Å². The molecule has 3 aromatic carbocycles. The Morgan fingerprint density at radius 3 is 2.39 bits per heavy atom.